The van der Waals surface area contributed by atoms with Gasteiger partial charge in [-0.2, -0.15) is 0 Å². The molecule has 1 aliphatic rings. The van der Waals surface area contributed by atoms with Crippen molar-refractivity contribution < 1.29 is 4.42 Å². The third-order valence-electron chi connectivity index (χ3n) is 10.9. The van der Waals surface area contributed by atoms with E-state index in [0.717, 1.165) is 72.1 Å². The Hall–Kier alpha value is -6.92. The van der Waals surface area contributed by atoms with Gasteiger partial charge >= 0.3 is 0 Å². The van der Waals surface area contributed by atoms with Crippen LogP contribution in [-0.2, 0) is 5.41 Å². The van der Waals surface area contributed by atoms with Crippen LogP contribution in [0.4, 0.5) is 0 Å². The summed E-state index contributed by atoms with van der Waals surface area (Å²) in [7, 11) is 0. The van der Waals surface area contributed by atoms with Crippen LogP contribution < -0.4 is 0 Å². The molecule has 0 aliphatic heterocycles. The fourth-order valence-electron chi connectivity index (χ4n) is 8.39. The fraction of sp³-hybridized carbons (Fsp3) is 0.0638. The summed E-state index contributed by atoms with van der Waals surface area (Å²) in [5, 5.41) is 3.20. The van der Waals surface area contributed by atoms with Gasteiger partial charge in [0.15, 0.2) is 11.4 Å². The number of para-hydroxylation sites is 2. The second kappa shape index (κ2) is 11.0. The Morgan fingerprint density at radius 2 is 1.36 bits per heavy atom. The first-order valence-electron chi connectivity index (χ1n) is 17.9. The molecule has 0 saturated heterocycles. The van der Waals surface area contributed by atoms with Gasteiger partial charge in [0.25, 0.3) is 0 Å². The summed E-state index contributed by atoms with van der Waals surface area (Å²) in [4.78, 5) is 20.0. The third-order valence-corrected chi connectivity index (χ3v) is 10.9. The number of furan rings is 1. The van der Waals surface area contributed by atoms with Crippen molar-refractivity contribution >= 4 is 44.0 Å². The standard InChI is InChI=1S/C47H31N5O/c1-47(2)38-16-6-3-12-33(38)34-20-19-28(26-39(34)47)42-44-43(37-14-5-8-18-41(37)53-44)51-45(50-42)31-23-30(29-11-9-21-48-27-29)24-32(25-31)52-40-17-7-4-13-35(40)36-15-10-22-49-46(36)52/h3-27H,1-2H3. The van der Waals surface area contributed by atoms with Crippen LogP contribution >= 0.6 is 0 Å². The van der Waals surface area contributed by atoms with Gasteiger partial charge in [0.05, 0.1) is 5.52 Å². The van der Waals surface area contributed by atoms with E-state index in [-0.39, 0.29) is 5.41 Å². The van der Waals surface area contributed by atoms with Gasteiger partial charge in [0, 0.05) is 62.5 Å². The van der Waals surface area contributed by atoms with E-state index in [1.54, 1.807) is 6.20 Å². The van der Waals surface area contributed by atoms with Gasteiger partial charge in [-0.1, -0.05) is 86.6 Å². The van der Waals surface area contributed by atoms with Crippen molar-refractivity contribution in [2.75, 3.05) is 0 Å². The lowest BCUT2D eigenvalue weighted by Gasteiger charge is -2.22. The molecule has 5 aromatic heterocycles. The van der Waals surface area contributed by atoms with E-state index >= 15 is 0 Å². The zero-order valence-corrected chi connectivity index (χ0v) is 29.1. The molecule has 0 amide bonds. The van der Waals surface area contributed by atoms with Crippen molar-refractivity contribution in [3.63, 3.8) is 0 Å². The molecule has 5 heterocycles. The summed E-state index contributed by atoms with van der Waals surface area (Å²) in [6, 6.07) is 46.7. The molecule has 0 unspecified atom stereocenters. The molecule has 11 rings (SSSR count). The maximum Gasteiger partial charge on any atom is 0.180 e. The van der Waals surface area contributed by atoms with Gasteiger partial charge in [-0.05, 0) is 88.5 Å². The quantitative estimate of drug-likeness (QED) is 0.185. The molecule has 0 atom stereocenters. The minimum Gasteiger partial charge on any atom is -0.452 e. The average Bonchev–Trinajstić information content (AvgIpc) is 3.83. The van der Waals surface area contributed by atoms with Crippen LogP contribution in [0.5, 0.6) is 0 Å². The lowest BCUT2D eigenvalue weighted by molar-refractivity contribution is 0.659. The minimum absolute atomic E-state index is 0.159. The molecule has 0 spiro atoms. The lowest BCUT2D eigenvalue weighted by Crippen LogP contribution is -2.14. The molecular weight excluding hydrogens is 651 g/mol. The normalized spacial score (nSPS) is 13.2. The molecule has 53 heavy (non-hydrogen) atoms. The number of fused-ring (bicyclic) bond motifs is 9. The molecule has 6 nitrogen and oxygen atoms in total. The van der Waals surface area contributed by atoms with E-state index in [9.17, 15) is 0 Å². The van der Waals surface area contributed by atoms with Crippen molar-refractivity contribution in [3.05, 3.63) is 163 Å². The molecule has 5 aromatic carbocycles. The largest absolute Gasteiger partial charge is 0.452 e. The van der Waals surface area contributed by atoms with E-state index in [1.165, 1.54) is 22.3 Å². The first-order chi connectivity index (χ1) is 26.0. The second-order valence-corrected chi connectivity index (χ2v) is 14.3. The smallest absolute Gasteiger partial charge is 0.180 e. The maximum atomic E-state index is 6.59. The molecule has 6 heteroatoms. The number of aromatic nitrogens is 5. The minimum atomic E-state index is -0.159. The summed E-state index contributed by atoms with van der Waals surface area (Å²) >= 11 is 0. The Morgan fingerprint density at radius 3 is 2.26 bits per heavy atom. The van der Waals surface area contributed by atoms with Crippen LogP contribution in [0.2, 0.25) is 0 Å². The summed E-state index contributed by atoms with van der Waals surface area (Å²) in [6.45, 7) is 4.61. The molecule has 250 valence electrons. The summed E-state index contributed by atoms with van der Waals surface area (Å²) < 4.78 is 8.83. The molecule has 0 saturated carbocycles. The number of hydrogen-bond acceptors (Lipinski definition) is 5. The first kappa shape index (κ1) is 29.8. The molecule has 0 N–H and O–H groups in total. The predicted molar refractivity (Wildman–Crippen MR) is 213 cm³/mol. The Kier molecular flexibility index (Phi) is 6.20. The molecule has 0 bridgehead atoms. The fourth-order valence-corrected chi connectivity index (χ4v) is 8.39. The number of rotatable bonds is 4. The number of hydrogen-bond donors (Lipinski definition) is 0. The van der Waals surface area contributed by atoms with Crippen molar-refractivity contribution in [2.24, 2.45) is 0 Å². The highest BCUT2D eigenvalue weighted by Gasteiger charge is 2.35. The van der Waals surface area contributed by atoms with E-state index in [2.05, 4.69) is 127 Å². The number of benzene rings is 5. The number of pyridine rings is 2. The van der Waals surface area contributed by atoms with Gasteiger partial charge in [0.1, 0.15) is 22.4 Å². The SMILES string of the molecule is CC1(C)c2ccccc2-c2ccc(-c3nc(-c4cc(-c5cccnc5)cc(-n5c6ccccc6c6cccnc65)c4)nc4c3oc3ccccc34)cc21. The van der Waals surface area contributed by atoms with Crippen LogP contribution in [0.25, 0.3) is 94.6 Å². The topological polar surface area (TPSA) is 69.6 Å². The zero-order chi connectivity index (χ0) is 35.3. The number of nitrogens with zero attached hydrogens (tertiary/aromatic N) is 5. The van der Waals surface area contributed by atoms with Gasteiger partial charge < -0.3 is 4.42 Å². The molecular formula is C47H31N5O. The van der Waals surface area contributed by atoms with Crippen LogP contribution in [0.15, 0.2) is 156 Å². The Balaban J connectivity index is 1.19. The zero-order valence-electron chi connectivity index (χ0n) is 29.1. The van der Waals surface area contributed by atoms with Crippen molar-refractivity contribution in [3.8, 4) is 50.6 Å². The average molecular weight is 682 g/mol. The molecule has 0 fully saturated rings. The first-order valence-corrected chi connectivity index (χ1v) is 17.9. The highest BCUT2D eigenvalue weighted by molar-refractivity contribution is 6.09. The predicted octanol–water partition coefficient (Wildman–Crippen LogP) is 11.6. The maximum absolute atomic E-state index is 6.59. The Bertz CT molecular complexity index is 3050. The van der Waals surface area contributed by atoms with E-state index in [0.29, 0.717) is 11.4 Å². The van der Waals surface area contributed by atoms with Crippen LogP contribution in [0, 0.1) is 0 Å². The van der Waals surface area contributed by atoms with Crippen molar-refractivity contribution in [1.29, 1.82) is 0 Å². The van der Waals surface area contributed by atoms with E-state index in [1.807, 2.05) is 42.7 Å². The van der Waals surface area contributed by atoms with Crippen LogP contribution in [-0.4, -0.2) is 24.5 Å². The summed E-state index contributed by atoms with van der Waals surface area (Å²) in [5.41, 5.74) is 14.8. The van der Waals surface area contributed by atoms with E-state index < -0.39 is 0 Å². The Morgan fingerprint density at radius 1 is 0.585 bits per heavy atom. The van der Waals surface area contributed by atoms with Gasteiger partial charge in [0.2, 0.25) is 0 Å². The van der Waals surface area contributed by atoms with Gasteiger partial charge in [-0.3, -0.25) is 9.55 Å². The second-order valence-electron chi connectivity index (χ2n) is 14.3. The van der Waals surface area contributed by atoms with Crippen molar-refractivity contribution in [1.82, 2.24) is 24.5 Å². The van der Waals surface area contributed by atoms with Crippen LogP contribution in [0.3, 0.4) is 0 Å². The monoisotopic (exact) mass is 681 g/mol. The highest BCUT2D eigenvalue weighted by atomic mass is 16.3. The lowest BCUT2D eigenvalue weighted by atomic mass is 9.82. The highest BCUT2D eigenvalue weighted by Crippen LogP contribution is 2.50. The van der Waals surface area contributed by atoms with Gasteiger partial charge in [-0.25, -0.2) is 15.0 Å². The van der Waals surface area contributed by atoms with Crippen LogP contribution in [0.1, 0.15) is 25.0 Å². The molecule has 1 aliphatic carbocycles. The molecule has 10 aromatic rings. The van der Waals surface area contributed by atoms with Gasteiger partial charge in [-0.15, -0.1) is 0 Å². The van der Waals surface area contributed by atoms with E-state index in [4.69, 9.17) is 19.4 Å². The van der Waals surface area contributed by atoms with Crippen molar-refractivity contribution in [2.45, 2.75) is 19.3 Å². The Labute approximate surface area is 305 Å². The summed E-state index contributed by atoms with van der Waals surface area (Å²) in [6.07, 6.45) is 5.55. The third kappa shape index (κ3) is 4.39. The molecule has 0 radical (unpaired) electrons. The summed E-state index contributed by atoms with van der Waals surface area (Å²) in [5.74, 6) is 0.614.